The van der Waals surface area contributed by atoms with Crippen molar-refractivity contribution in [2.45, 2.75) is 18.2 Å². The van der Waals surface area contributed by atoms with Crippen LogP contribution in [0.4, 0.5) is 11.4 Å². The summed E-state index contributed by atoms with van der Waals surface area (Å²) in [5.74, 6) is -0.532. The average molecular weight is 388 g/mol. The number of morpholine rings is 1. The number of anilines is 2. The summed E-state index contributed by atoms with van der Waals surface area (Å²) in [7, 11) is -3.47. The van der Waals surface area contributed by atoms with Crippen LogP contribution in [0.15, 0.2) is 53.4 Å². The lowest BCUT2D eigenvalue weighted by Crippen LogP contribution is -2.36. The second kappa shape index (κ2) is 8.54. The summed E-state index contributed by atoms with van der Waals surface area (Å²) in [6.45, 7) is 4.90. The Hall–Kier alpha value is -2.38. The van der Waals surface area contributed by atoms with Crippen molar-refractivity contribution in [2.24, 2.45) is 0 Å². The Morgan fingerprint density at radius 1 is 1.11 bits per heavy atom. The summed E-state index contributed by atoms with van der Waals surface area (Å²) in [5, 5.41) is 2.79. The first-order chi connectivity index (χ1) is 12.9. The molecule has 0 aliphatic carbocycles. The zero-order chi connectivity index (χ0) is 19.3. The molecule has 144 valence electrons. The van der Waals surface area contributed by atoms with Gasteiger partial charge in [0.15, 0.2) is 9.84 Å². The predicted molar refractivity (Wildman–Crippen MR) is 106 cm³/mol. The molecule has 1 fully saturated rings. The largest absolute Gasteiger partial charge is 0.378 e. The Morgan fingerprint density at radius 2 is 1.81 bits per heavy atom. The van der Waals surface area contributed by atoms with E-state index in [1.807, 2.05) is 25.1 Å². The number of sulfone groups is 1. The predicted octanol–water partition coefficient (Wildman–Crippen LogP) is 2.63. The van der Waals surface area contributed by atoms with Gasteiger partial charge in [0.2, 0.25) is 5.91 Å². The number of benzene rings is 2. The molecule has 0 atom stereocenters. The third-order valence-corrected chi connectivity index (χ3v) is 6.22. The maximum absolute atomic E-state index is 12.4. The Labute approximate surface area is 160 Å². The van der Waals surface area contributed by atoms with Crippen LogP contribution in [0.3, 0.4) is 0 Å². The summed E-state index contributed by atoms with van der Waals surface area (Å²) in [6.07, 6.45) is -0.0853. The van der Waals surface area contributed by atoms with Crippen LogP contribution in [-0.2, 0) is 19.4 Å². The zero-order valence-electron chi connectivity index (χ0n) is 15.3. The van der Waals surface area contributed by atoms with Crippen molar-refractivity contribution in [3.8, 4) is 0 Å². The van der Waals surface area contributed by atoms with Crippen molar-refractivity contribution in [3.63, 3.8) is 0 Å². The number of amides is 1. The van der Waals surface area contributed by atoms with Crippen LogP contribution in [0.2, 0.25) is 0 Å². The molecule has 0 unspecified atom stereocenters. The molecule has 27 heavy (non-hydrogen) atoms. The quantitative estimate of drug-likeness (QED) is 0.823. The number of rotatable bonds is 6. The van der Waals surface area contributed by atoms with E-state index in [-0.39, 0.29) is 23.0 Å². The molecule has 1 heterocycles. The fraction of sp³-hybridized carbons (Fsp3) is 0.350. The van der Waals surface area contributed by atoms with Gasteiger partial charge in [-0.05, 0) is 37.3 Å². The van der Waals surface area contributed by atoms with E-state index in [9.17, 15) is 13.2 Å². The fourth-order valence-corrected chi connectivity index (χ4v) is 4.16. The molecule has 1 amide bonds. The molecular weight excluding hydrogens is 364 g/mol. The summed E-state index contributed by atoms with van der Waals surface area (Å²) in [6, 6.07) is 14.2. The minimum Gasteiger partial charge on any atom is -0.378 e. The van der Waals surface area contributed by atoms with Gasteiger partial charge in [-0.15, -0.1) is 0 Å². The van der Waals surface area contributed by atoms with Crippen LogP contribution in [0.25, 0.3) is 0 Å². The van der Waals surface area contributed by atoms with E-state index in [1.165, 1.54) is 0 Å². The van der Waals surface area contributed by atoms with E-state index in [0.29, 0.717) is 18.9 Å². The van der Waals surface area contributed by atoms with Crippen molar-refractivity contribution in [3.05, 3.63) is 54.1 Å². The first-order valence-electron chi connectivity index (χ1n) is 8.96. The number of hydrogen-bond acceptors (Lipinski definition) is 5. The van der Waals surface area contributed by atoms with Crippen molar-refractivity contribution in [1.29, 1.82) is 0 Å². The first-order valence-corrected chi connectivity index (χ1v) is 10.6. The smallest absolute Gasteiger partial charge is 0.225 e. The average Bonchev–Trinajstić information content (AvgIpc) is 2.68. The van der Waals surface area contributed by atoms with Crippen molar-refractivity contribution in [2.75, 3.05) is 42.3 Å². The number of carbonyl (C=O) groups excluding carboxylic acids is 1. The van der Waals surface area contributed by atoms with Crippen LogP contribution in [-0.4, -0.2) is 46.4 Å². The van der Waals surface area contributed by atoms with Gasteiger partial charge in [0.05, 0.1) is 23.9 Å². The highest BCUT2D eigenvalue weighted by Gasteiger charge is 2.17. The van der Waals surface area contributed by atoms with E-state index >= 15 is 0 Å². The van der Waals surface area contributed by atoms with Gasteiger partial charge in [-0.1, -0.05) is 23.8 Å². The SMILES string of the molecule is Cc1ccc(S(=O)(=O)CCC(=O)Nc2cccc(N3CCOCC3)c2)cc1. The number of ether oxygens (including phenoxy) is 1. The molecule has 3 rings (SSSR count). The maximum Gasteiger partial charge on any atom is 0.225 e. The lowest BCUT2D eigenvalue weighted by atomic mass is 10.2. The second-order valence-corrected chi connectivity index (χ2v) is 8.69. The van der Waals surface area contributed by atoms with E-state index in [0.717, 1.165) is 24.3 Å². The zero-order valence-corrected chi connectivity index (χ0v) is 16.2. The third kappa shape index (κ3) is 5.30. The molecular formula is C20H24N2O4S. The molecule has 7 heteroatoms. The molecule has 0 aromatic heterocycles. The lowest BCUT2D eigenvalue weighted by molar-refractivity contribution is -0.115. The molecule has 2 aromatic rings. The normalized spacial score (nSPS) is 14.8. The summed E-state index contributed by atoms with van der Waals surface area (Å²) in [4.78, 5) is 14.7. The van der Waals surface area contributed by atoms with E-state index in [4.69, 9.17) is 4.74 Å². The van der Waals surface area contributed by atoms with Gasteiger partial charge in [-0.25, -0.2) is 8.42 Å². The summed E-state index contributed by atoms with van der Waals surface area (Å²) >= 11 is 0. The van der Waals surface area contributed by atoms with Crippen molar-refractivity contribution < 1.29 is 17.9 Å². The van der Waals surface area contributed by atoms with Gasteiger partial charge in [0.1, 0.15) is 0 Å². The number of nitrogens with one attached hydrogen (secondary N) is 1. The Morgan fingerprint density at radius 3 is 2.52 bits per heavy atom. The van der Waals surface area contributed by atoms with Crippen LogP contribution < -0.4 is 10.2 Å². The maximum atomic E-state index is 12.4. The minimum atomic E-state index is -3.47. The number of hydrogen-bond donors (Lipinski definition) is 1. The van der Waals surface area contributed by atoms with Crippen LogP contribution in [0, 0.1) is 6.92 Å². The van der Waals surface area contributed by atoms with Crippen LogP contribution in [0.5, 0.6) is 0 Å². The fourth-order valence-electron chi connectivity index (χ4n) is 2.92. The third-order valence-electron chi connectivity index (χ3n) is 4.48. The van der Waals surface area contributed by atoms with Crippen LogP contribution >= 0.6 is 0 Å². The summed E-state index contributed by atoms with van der Waals surface area (Å²) < 4.78 is 30.1. The standard InChI is InChI=1S/C20H24N2O4S/c1-16-5-7-19(8-6-16)27(24,25)14-9-20(23)21-17-3-2-4-18(15-17)22-10-12-26-13-11-22/h2-8,15H,9-14H2,1H3,(H,21,23). The van der Waals surface area contributed by atoms with E-state index in [2.05, 4.69) is 10.2 Å². The van der Waals surface area contributed by atoms with E-state index in [1.54, 1.807) is 30.3 Å². The van der Waals surface area contributed by atoms with Crippen molar-refractivity contribution >= 4 is 27.1 Å². The topological polar surface area (TPSA) is 75.7 Å². The number of carbonyl (C=O) groups is 1. The van der Waals surface area contributed by atoms with Gasteiger partial charge in [0, 0.05) is 30.9 Å². The molecule has 1 saturated heterocycles. The molecule has 1 N–H and O–H groups in total. The molecule has 0 spiro atoms. The molecule has 6 nitrogen and oxygen atoms in total. The van der Waals surface area contributed by atoms with Gasteiger partial charge < -0.3 is 15.0 Å². The first kappa shape index (κ1) is 19.4. The van der Waals surface area contributed by atoms with Crippen LogP contribution in [0.1, 0.15) is 12.0 Å². The van der Waals surface area contributed by atoms with Gasteiger partial charge in [0.25, 0.3) is 0 Å². The van der Waals surface area contributed by atoms with Gasteiger partial charge in [-0.3, -0.25) is 4.79 Å². The molecule has 1 aliphatic heterocycles. The van der Waals surface area contributed by atoms with Crippen molar-refractivity contribution in [1.82, 2.24) is 0 Å². The molecule has 0 radical (unpaired) electrons. The lowest BCUT2D eigenvalue weighted by Gasteiger charge is -2.29. The summed E-state index contributed by atoms with van der Waals surface area (Å²) in [5.41, 5.74) is 2.67. The van der Waals surface area contributed by atoms with E-state index < -0.39 is 9.84 Å². The number of aryl methyl sites for hydroxylation is 1. The van der Waals surface area contributed by atoms with Gasteiger partial charge >= 0.3 is 0 Å². The second-order valence-electron chi connectivity index (χ2n) is 6.58. The highest BCUT2D eigenvalue weighted by atomic mass is 32.2. The van der Waals surface area contributed by atoms with Gasteiger partial charge in [-0.2, -0.15) is 0 Å². The molecule has 2 aromatic carbocycles. The Kier molecular flexibility index (Phi) is 6.13. The number of nitrogens with zero attached hydrogens (tertiary/aromatic N) is 1. The highest BCUT2D eigenvalue weighted by molar-refractivity contribution is 7.91. The Balaban J connectivity index is 1.58. The molecule has 1 aliphatic rings. The minimum absolute atomic E-state index is 0.0853. The highest BCUT2D eigenvalue weighted by Crippen LogP contribution is 2.21. The Bertz CT molecular complexity index is 888. The molecule has 0 saturated carbocycles. The monoisotopic (exact) mass is 388 g/mol. The molecule has 0 bridgehead atoms.